The second-order valence-corrected chi connectivity index (χ2v) is 6.18. The van der Waals surface area contributed by atoms with Gasteiger partial charge in [-0.1, -0.05) is 0 Å². The molecule has 1 aromatic rings. The minimum absolute atomic E-state index is 0.501. The van der Waals surface area contributed by atoms with Crippen LogP contribution in [-0.2, 0) is 4.79 Å². The zero-order valence-corrected chi connectivity index (χ0v) is 13.6. The first kappa shape index (κ1) is 15.5. The van der Waals surface area contributed by atoms with Gasteiger partial charge in [0.25, 0.3) is 0 Å². The number of imidazole rings is 1. The predicted octanol–water partition coefficient (Wildman–Crippen LogP) is 1.63. The molecule has 0 aliphatic carbocycles. The minimum atomic E-state index is -0.840. The maximum absolute atomic E-state index is 11.7. The molecule has 1 atom stereocenters. The van der Waals surface area contributed by atoms with Crippen LogP contribution >= 0.6 is 15.9 Å². The quantitative estimate of drug-likeness (QED) is 0.868. The zero-order valence-electron chi connectivity index (χ0n) is 12.1. The summed E-state index contributed by atoms with van der Waals surface area (Å²) in [5.41, 5.74) is 0.632. The van der Waals surface area contributed by atoms with Crippen LogP contribution in [0.4, 0.5) is 0 Å². The maximum Gasteiger partial charge on any atom is 0.327 e. The van der Waals surface area contributed by atoms with E-state index in [0.717, 1.165) is 32.0 Å². The minimum Gasteiger partial charge on any atom is -0.480 e. The Morgan fingerprint density at radius 1 is 1.30 bits per heavy atom. The van der Waals surface area contributed by atoms with Crippen LogP contribution in [0.15, 0.2) is 4.60 Å². The lowest BCUT2D eigenvalue weighted by atomic mass is 10.1. The molecule has 0 amide bonds. The van der Waals surface area contributed by atoms with E-state index < -0.39 is 12.0 Å². The summed E-state index contributed by atoms with van der Waals surface area (Å²) in [5.74, 6) is -0.119. The van der Waals surface area contributed by atoms with Gasteiger partial charge in [0.1, 0.15) is 10.4 Å². The van der Waals surface area contributed by atoms with Gasteiger partial charge >= 0.3 is 5.97 Å². The monoisotopic (exact) mass is 344 g/mol. The third kappa shape index (κ3) is 3.21. The number of aliphatic carboxylic acids is 1. The Morgan fingerprint density at radius 3 is 2.25 bits per heavy atom. The highest BCUT2D eigenvalue weighted by Gasteiger charge is 2.33. The van der Waals surface area contributed by atoms with Crippen molar-refractivity contribution < 1.29 is 9.90 Å². The molecule has 2 rings (SSSR count). The van der Waals surface area contributed by atoms with Crippen LogP contribution in [0.3, 0.4) is 0 Å². The summed E-state index contributed by atoms with van der Waals surface area (Å²) in [7, 11) is 0. The Balaban J connectivity index is 2.15. The summed E-state index contributed by atoms with van der Waals surface area (Å²) in [6.07, 6.45) is 0. The number of halogens is 1. The third-order valence-corrected chi connectivity index (χ3v) is 4.36. The SMILES string of the molecule is Cc1nc(Br)c(C(C(=O)O)N2CCN(C(C)C)CC2)[nH]1. The Bertz CT molecular complexity index is 481. The second kappa shape index (κ2) is 6.24. The van der Waals surface area contributed by atoms with E-state index in [0.29, 0.717) is 16.3 Å². The van der Waals surface area contributed by atoms with Crippen LogP contribution in [0.25, 0.3) is 0 Å². The van der Waals surface area contributed by atoms with Crippen molar-refractivity contribution in [1.29, 1.82) is 0 Å². The van der Waals surface area contributed by atoms with E-state index in [9.17, 15) is 9.90 Å². The number of rotatable bonds is 4. The van der Waals surface area contributed by atoms with Gasteiger partial charge in [-0.2, -0.15) is 0 Å². The molecule has 1 unspecified atom stereocenters. The molecule has 1 fully saturated rings. The third-order valence-electron chi connectivity index (χ3n) is 3.76. The van der Waals surface area contributed by atoms with Crippen LogP contribution < -0.4 is 0 Å². The number of aryl methyl sites for hydroxylation is 1. The number of piperazine rings is 1. The van der Waals surface area contributed by atoms with Crippen LogP contribution in [0.2, 0.25) is 0 Å². The molecule has 1 aliphatic heterocycles. The Kier molecular flexibility index (Phi) is 4.82. The Labute approximate surface area is 127 Å². The number of H-pyrrole nitrogens is 1. The first-order valence-electron chi connectivity index (χ1n) is 6.83. The van der Waals surface area contributed by atoms with Gasteiger partial charge in [0.2, 0.25) is 0 Å². The van der Waals surface area contributed by atoms with E-state index in [1.807, 2.05) is 11.8 Å². The molecular formula is C13H21BrN4O2. The highest BCUT2D eigenvalue weighted by molar-refractivity contribution is 9.10. The van der Waals surface area contributed by atoms with E-state index in [-0.39, 0.29) is 0 Å². The van der Waals surface area contributed by atoms with Crippen LogP contribution in [0, 0.1) is 6.92 Å². The van der Waals surface area contributed by atoms with Gasteiger partial charge < -0.3 is 10.1 Å². The molecule has 0 bridgehead atoms. The molecule has 0 spiro atoms. The molecule has 7 heteroatoms. The van der Waals surface area contributed by atoms with Gasteiger partial charge in [-0.3, -0.25) is 14.6 Å². The number of aromatic nitrogens is 2. The Morgan fingerprint density at radius 2 is 1.85 bits per heavy atom. The van der Waals surface area contributed by atoms with Gasteiger partial charge in [-0.05, 0) is 36.7 Å². The van der Waals surface area contributed by atoms with Crippen molar-refractivity contribution in [1.82, 2.24) is 19.8 Å². The molecule has 112 valence electrons. The second-order valence-electron chi connectivity index (χ2n) is 5.43. The summed E-state index contributed by atoms with van der Waals surface area (Å²) in [6.45, 7) is 9.44. The summed E-state index contributed by atoms with van der Waals surface area (Å²) >= 11 is 3.34. The van der Waals surface area contributed by atoms with Gasteiger partial charge in [0.05, 0.1) is 5.69 Å². The molecule has 1 saturated heterocycles. The molecule has 0 saturated carbocycles. The van der Waals surface area contributed by atoms with Crippen molar-refractivity contribution in [3.63, 3.8) is 0 Å². The van der Waals surface area contributed by atoms with Gasteiger partial charge in [-0.15, -0.1) is 0 Å². The number of hydrogen-bond acceptors (Lipinski definition) is 4. The molecule has 2 N–H and O–H groups in total. The predicted molar refractivity (Wildman–Crippen MR) is 79.7 cm³/mol. The van der Waals surface area contributed by atoms with Crippen LogP contribution in [-0.4, -0.2) is 63.1 Å². The fourth-order valence-electron chi connectivity index (χ4n) is 2.64. The highest BCUT2D eigenvalue weighted by Crippen LogP contribution is 2.27. The molecule has 0 radical (unpaired) electrons. The molecule has 20 heavy (non-hydrogen) atoms. The van der Waals surface area contributed by atoms with Gasteiger partial charge in [0.15, 0.2) is 6.04 Å². The average Bonchev–Trinajstić information content (AvgIpc) is 2.69. The number of hydrogen-bond donors (Lipinski definition) is 2. The largest absolute Gasteiger partial charge is 0.480 e. The standard InChI is InChI=1S/C13H21BrN4O2/c1-8(2)17-4-6-18(7-5-17)11(13(19)20)10-12(14)16-9(3)15-10/h8,11H,4-7H2,1-3H3,(H,15,16)(H,19,20). The lowest BCUT2D eigenvalue weighted by Gasteiger charge is -2.39. The van der Waals surface area contributed by atoms with Gasteiger partial charge in [-0.25, -0.2) is 4.98 Å². The summed E-state index contributed by atoms with van der Waals surface area (Å²) in [5, 5.41) is 9.56. The van der Waals surface area contributed by atoms with Gasteiger partial charge in [0, 0.05) is 32.2 Å². The lowest BCUT2D eigenvalue weighted by Crippen LogP contribution is -2.51. The topological polar surface area (TPSA) is 72.5 Å². The molecule has 0 aromatic carbocycles. The van der Waals surface area contributed by atoms with Crippen molar-refractivity contribution in [2.45, 2.75) is 32.9 Å². The number of carboxylic acids is 1. The summed E-state index contributed by atoms with van der Waals surface area (Å²) in [6, 6.07) is -0.165. The highest BCUT2D eigenvalue weighted by atomic mass is 79.9. The molecule has 1 aliphatic rings. The van der Waals surface area contributed by atoms with Crippen molar-refractivity contribution in [3.8, 4) is 0 Å². The van der Waals surface area contributed by atoms with Crippen molar-refractivity contribution in [2.75, 3.05) is 26.2 Å². The van der Waals surface area contributed by atoms with E-state index in [4.69, 9.17) is 0 Å². The number of aromatic amines is 1. The molecule has 1 aromatic heterocycles. The normalized spacial score (nSPS) is 19.4. The molecule has 2 heterocycles. The molecular weight excluding hydrogens is 324 g/mol. The van der Waals surface area contributed by atoms with Crippen molar-refractivity contribution in [2.24, 2.45) is 0 Å². The van der Waals surface area contributed by atoms with Crippen molar-refractivity contribution >= 4 is 21.9 Å². The molecule has 6 nitrogen and oxygen atoms in total. The number of nitrogens with zero attached hydrogens (tertiary/aromatic N) is 3. The zero-order chi connectivity index (χ0) is 14.9. The van der Waals surface area contributed by atoms with Crippen molar-refractivity contribution in [3.05, 3.63) is 16.1 Å². The van der Waals surface area contributed by atoms with Crippen LogP contribution in [0.5, 0.6) is 0 Å². The van der Waals surface area contributed by atoms with E-state index in [1.54, 1.807) is 0 Å². The van der Waals surface area contributed by atoms with Crippen LogP contribution in [0.1, 0.15) is 31.4 Å². The number of nitrogens with one attached hydrogen (secondary N) is 1. The summed E-state index contributed by atoms with van der Waals surface area (Å²) < 4.78 is 0.591. The Hall–Kier alpha value is -0.920. The van der Waals surface area contributed by atoms with E-state index in [2.05, 4.69) is 44.6 Å². The van der Waals surface area contributed by atoms with E-state index >= 15 is 0 Å². The average molecular weight is 345 g/mol. The fraction of sp³-hybridized carbons (Fsp3) is 0.692. The first-order valence-corrected chi connectivity index (χ1v) is 7.62. The number of carbonyl (C=O) groups is 1. The fourth-order valence-corrected chi connectivity index (χ4v) is 3.22. The smallest absolute Gasteiger partial charge is 0.327 e. The maximum atomic E-state index is 11.7. The van der Waals surface area contributed by atoms with E-state index in [1.165, 1.54) is 0 Å². The lowest BCUT2D eigenvalue weighted by molar-refractivity contribution is -0.144. The summed E-state index contributed by atoms with van der Waals surface area (Å²) in [4.78, 5) is 23.3. The number of carboxylic acid groups (broad SMARTS) is 1. The first-order chi connectivity index (χ1) is 9.40.